The van der Waals surface area contributed by atoms with E-state index in [9.17, 15) is 4.79 Å². The van der Waals surface area contributed by atoms with E-state index in [1.54, 1.807) is 14.2 Å². The maximum absolute atomic E-state index is 13.7. The fraction of sp³-hybridized carbons (Fsp3) is 0.720. The molecule has 3 fully saturated rings. The number of piperidine rings is 1. The Morgan fingerprint density at radius 3 is 2.50 bits per heavy atom. The lowest BCUT2D eigenvalue weighted by Crippen LogP contribution is -2.60. The van der Waals surface area contributed by atoms with Gasteiger partial charge in [-0.2, -0.15) is 0 Å². The van der Waals surface area contributed by atoms with Crippen molar-refractivity contribution in [2.75, 3.05) is 60.2 Å². The second-order valence-electron chi connectivity index (χ2n) is 9.49. The Hall–Kier alpha value is -1.83. The van der Waals surface area contributed by atoms with Gasteiger partial charge in [-0.15, -0.1) is 0 Å². The van der Waals surface area contributed by atoms with Crippen molar-refractivity contribution < 1.29 is 19.0 Å². The number of benzene rings is 1. The molecular weight excluding hydrogens is 406 g/mol. The Balaban J connectivity index is 1.47. The number of fused-ring (bicyclic) bond motifs is 1. The van der Waals surface area contributed by atoms with Crippen molar-refractivity contribution in [2.24, 2.45) is 11.3 Å². The van der Waals surface area contributed by atoms with Gasteiger partial charge in [0.2, 0.25) is 5.91 Å². The van der Waals surface area contributed by atoms with E-state index in [0.29, 0.717) is 18.5 Å². The molecule has 0 radical (unpaired) electrons. The number of nitrogens with one attached hydrogen (secondary N) is 1. The van der Waals surface area contributed by atoms with Gasteiger partial charge in [0, 0.05) is 38.3 Å². The minimum absolute atomic E-state index is 0.211. The van der Waals surface area contributed by atoms with E-state index in [-0.39, 0.29) is 11.3 Å². The molecule has 3 atom stereocenters. The molecule has 0 unspecified atom stereocenters. The van der Waals surface area contributed by atoms with E-state index < -0.39 is 0 Å². The summed E-state index contributed by atoms with van der Waals surface area (Å²) in [5.74, 6) is 2.13. The lowest BCUT2D eigenvalue weighted by atomic mass is 9.61. The van der Waals surface area contributed by atoms with E-state index in [0.717, 1.165) is 88.7 Å². The molecule has 7 heteroatoms. The predicted molar refractivity (Wildman–Crippen MR) is 124 cm³/mol. The lowest BCUT2D eigenvalue weighted by Gasteiger charge is -2.53. The van der Waals surface area contributed by atoms with Crippen molar-refractivity contribution in [3.05, 3.63) is 23.8 Å². The molecular formula is C25H39N3O4. The second kappa shape index (κ2) is 10.4. The monoisotopic (exact) mass is 445 g/mol. The molecule has 178 valence electrons. The topological polar surface area (TPSA) is 63.3 Å². The van der Waals surface area contributed by atoms with Crippen molar-refractivity contribution in [2.45, 2.75) is 45.2 Å². The number of hydrogen-bond donors (Lipinski definition) is 1. The number of methoxy groups -OCH3 is 2. The van der Waals surface area contributed by atoms with Crippen LogP contribution in [0.2, 0.25) is 0 Å². The third-order valence-corrected chi connectivity index (χ3v) is 7.89. The molecule has 1 aliphatic carbocycles. The SMILES string of the molecule is CCN1CC[C@@H]2C[C@@H](N3CCOCC3)CC[C@@]2(C(=O)NCc2cc(OC)cc(OC)c2)C1. The highest BCUT2D eigenvalue weighted by Gasteiger charge is 2.52. The summed E-state index contributed by atoms with van der Waals surface area (Å²) in [5.41, 5.74) is 0.702. The third kappa shape index (κ3) is 4.90. The zero-order valence-electron chi connectivity index (χ0n) is 19.9. The number of carbonyl (C=O) groups excluding carboxylic acids is 1. The molecule has 1 saturated carbocycles. The maximum Gasteiger partial charge on any atom is 0.228 e. The minimum Gasteiger partial charge on any atom is -0.497 e. The van der Waals surface area contributed by atoms with Crippen molar-refractivity contribution in [3.63, 3.8) is 0 Å². The van der Waals surface area contributed by atoms with Crippen LogP contribution in [0.25, 0.3) is 0 Å². The van der Waals surface area contributed by atoms with Gasteiger partial charge in [0.25, 0.3) is 0 Å². The number of carbonyl (C=O) groups is 1. The minimum atomic E-state index is -0.292. The number of rotatable bonds is 7. The van der Waals surface area contributed by atoms with Crippen LogP contribution in [0.15, 0.2) is 18.2 Å². The largest absolute Gasteiger partial charge is 0.497 e. The zero-order valence-corrected chi connectivity index (χ0v) is 19.9. The summed E-state index contributed by atoms with van der Waals surface area (Å²) in [6.45, 7) is 9.37. The molecule has 3 aliphatic rings. The molecule has 1 amide bonds. The summed E-state index contributed by atoms with van der Waals surface area (Å²) >= 11 is 0. The first-order valence-electron chi connectivity index (χ1n) is 12.1. The molecule has 1 N–H and O–H groups in total. The van der Waals surface area contributed by atoms with Gasteiger partial charge in [0.05, 0.1) is 32.8 Å². The molecule has 2 heterocycles. The molecule has 0 bridgehead atoms. The highest BCUT2D eigenvalue weighted by Crippen LogP contribution is 2.48. The van der Waals surface area contributed by atoms with Crippen LogP contribution < -0.4 is 14.8 Å². The van der Waals surface area contributed by atoms with Crippen molar-refractivity contribution in [3.8, 4) is 11.5 Å². The van der Waals surface area contributed by atoms with Gasteiger partial charge in [-0.25, -0.2) is 0 Å². The van der Waals surface area contributed by atoms with Gasteiger partial charge in [0.1, 0.15) is 11.5 Å². The molecule has 4 rings (SSSR count). The molecule has 32 heavy (non-hydrogen) atoms. The van der Waals surface area contributed by atoms with E-state index in [1.807, 2.05) is 18.2 Å². The van der Waals surface area contributed by atoms with Crippen molar-refractivity contribution >= 4 is 5.91 Å². The highest BCUT2D eigenvalue weighted by molar-refractivity contribution is 5.83. The summed E-state index contributed by atoms with van der Waals surface area (Å²) < 4.78 is 16.3. The number of amides is 1. The number of hydrogen-bond acceptors (Lipinski definition) is 6. The number of ether oxygens (including phenoxy) is 3. The average molecular weight is 446 g/mol. The van der Waals surface area contributed by atoms with Crippen molar-refractivity contribution in [1.82, 2.24) is 15.1 Å². The lowest BCUT2D eigenvalue weighted by molar-refractivity contribution is -0.145. The Kier molecular flexibility index (Phi) is 7.59. The smallest absolute Gasteiger partial charge is 0.228 e. The van der Waals surface area contributed by atoms with Gasteiger partial charge in [0.15, 0.2) is 0 Å². The number of morpholine rings is 1. The van der Waals surface area contributed by atoms with E-state index in [2.05, 4.69) is 22.0 Å². The molecule has 7 nitrogen and oxygen atoms in total. The third-order valence-electron chi connectivity index (χ3n) is 7.89. The molecule has 0 spiro atoms. The van der Waals surface area contributed by atoms with Gasteiger partial charge in [-0.3, -0.25) is 9.69 Å². The fourth-order valence-corrected chi connectivity index (χ4v) is 5.96. The van der Waals surface area contributed by atoms with Crippen LogP contribution in [-0.4, -0.2) is 81.9 Å². The van der Waals surface area contributed by atoms with Crippen LogP contribution in [0.5, 0.6) is 11.5 Å². The summed E-state index contributed by atoms with van der Waals surface area (Å²) in [5, 5.41) is 3.29. The van der Waals surface area contributed by atoms with Crippen LogP contribution in [0.1, 0.15) is 38.2 Å². The Morgan fingerprint density at radius 2 is 1.84 bits per heavy atom. The first-order chi connectivity index (χ1) is 15.6. The average Bonchev–Trinajstić information content (AvgIpc) is 2.86. The zero-order chi connectivity index (χ0) is 22.6. The quantitative estimate of drug-likeness (QED) is 0.696. The van der Waals surface area contributed by atoms with Crippen LogP contribution >= 0.6 is 0 Å². The first kappa shape index (κ1) is 23.3. The summed E-state index contributed by atoms with van der Waals surface area (Å²) in [6.07, 6.45) is 4.28. The van der Waals surface area contributed by atoms with Crippen LogP contribution in [0.4, 0.5) is 0 Å². The Morgan fingerprint density at radius 1 is 1.12 bits per heavy atom. The predicted octanol–water partition coefficient (Wildman–Crippen LogP) is 2.53. The normalized spacial score (nSPS) is 29.2. The summed E-state index contributed by atoms with van der Waals surface area (Å²) in [7, 11) is 3.30. The second-order valence-corrected chi connectivity index (χ2v) is 9.49. The van der Waals surface area contributed by atoms with Gasteiger partial charge in [-0.05, 0) is 62.4 Å². The number of likely N-dealkylation sites (tertiary alicyclic amines) is 1. The summed E-state index contributed by atoms with van der Waals surface area (Å²) in [6, 6.07) is 6.37. The van der Waals surface area contributed by atoms with E-state index in [1.165, 1.54) is 0 Å². The molecule has 0 aromatic heterocycles. The summed E-state index contributed by atoms with van der Waals surface area (Å²) in [4.78, 5) is 18.8. The van der Waals surface area contributed by atoms with Crippen molar-refractivity contribution in [1.29, 1.82) is 0 Å². The van der Waals surface area contributed by atoms with E-state index in [4.69, 9.17) is 14.2 Å². The molecule has 2 saturated heterocycles. The molecule has 1 aromatic rings. The van der Waals surface area contributed by atoms with Gasteiger partial charge < -0.3 is 24.4 Å². The molecule has 1 aromatic carbocycles. The maximum atomic E-state index is 13.7. The number of nitrogens with zero attached hydrogens (tertiary/aromatic N) is 2. The highest BCUT2D eigenvalue weighted by atomic mass is 16.5. The van der Waals surface area contributed by atoms with Gasteiger partial charge >= 0.3 is 0 Å². The van der Waals surface area contributed by atoms with Crippen LogP contribution in [0.3, 0.4) is 0 Å². The standard InChI is InChI=1S/C25H39N3O4/c1-4-27-8-6-20-15-21(28-9-11-32-12-10-28)5-7-25(20,18-27)24(29)26-17-19-13-22(30-2)16-23(14-19)31-3/h13-14,16,20-21H,4-12,15,17-18H2,1-3H3,(H,26,29)/t20-,21+,25-/m1/s1. The molecule has 2 aliphatic heterocycles. The van der Waals surface area contributed by atoms with E-state index >= 15 is 0 Å². The Bertz CT molecular complexity index is 760. The fourth-order valence-electron chi connectivity index (χ4n) is 5.96. The van der Waals surface area contributed by atoms with Crippen LogP contribution in [-0.2, 0) is 16.1 Å². The van der Waals surface area contributed by atoms with Crippen LogP contribution in [0, 0.1) is 11.3 Å². The first-order valence-corrected chi connectivity index (χ1v) is 12.1. The Labute approximate surface area is 192 Å². The van der Waals surface area contributed by atoms with Gasteiger partial charge in [-0.1, -0.05) is 6.92 Å².